The number of pyridine rings is 1. The molecule has 0 radical (unpaired) electrons. The van der Waals surface area contributed by atoms with Crippen molar-refractivity contribution in [3.05, 3.63) is 52.5 Å². The molecular formula is C30H40FN3O5. The summed E-state index contributed by atoms with van der Waals surface area (Å²) in [7, 11) is 0. The van der Waals surface area contributed by atoms with Crippen LogP contribution < -0.4 is 10.1 Å². The van der Waals surface area contributed by atoms with E-state index in [9.17, 15) is 14.3 Å². The van der Waals surface area contributed by atoms with Crippen molar-refractivity contribution in [2.45, 2.75) is 77.2 Å². The van der Waals surface area contributed by atoms with Crippen molar-refractivity contribution < 1.29 is 28.5 Å². The number of unbranched alkanes of at least 4 members (excludes halogenated alkanes) is 1. The fourth-order valence-corrected chi connectivity index (χ4v) is 5.70. The number of halogens is 1. The van der Waals surface area contributed by atoms with Gasteiger partial charge in [-0.25, -0.2) is 9.37 Å². The average Bonchev–Trinajstić information content (AvgIpc) is 3.25. The lowest BCUT2D eigenvalue weighted by molar-refractivity contribution is -0.143. The number of rotatable bonds is 10. The fraction of sp³-hybridized carbons (Fsp3) is 0.600. The third-order valence-electron chi connectivity index (χ3n) is 7.91. The second-order valence-corrected chi connectivity index (χ2v) is 11.2. The molecule has 0 saturated carbocycles. The van der Waals surface area contributed by atoms with Crippen molar-refractivity contribution in [3.63, 3.8) is 0 Å². The van der Waals surface area contributed by atoms with E-state index in [1.165, 1.54) is 17.7 Å². The molecule has 1 fully saturated rings. The molecule has 1 saturated heterocycles. The average molecular weight is 542 g/mol. The Morgan fingerprint density at radius 2 is 2.15 bits per heavy atom. The summed E-state index contributed by atoms with van der Waals surface area (Å²) in [5.41, 5.74) is 3.30. The monoisotopic (exact) mass is 541 g/mol. The normalized spacial score (nSPS) is 21.9. The molecule has 2 N–H and O–H groups in total. The minimum absolute atomic E-state index is 0.0576. The number of benzene rings is 1. The summed E-state index contributed by atoms with van der Waals surface area (Å²) >= 11 is 0. The number of aliphatic carboxylic acids is 1. The lowest BCUT2D eigenvalue weighted by Gasteiger charge is -2.28. The third-order valence-corrected chi connectivity index (χ3v) is 7.91. The Labute approximate surface area is 229 Å². The number of fused-ring (bicyclic) bond motifs is 2. The van der Waals surface area contributed by atoms with Crippen LogP contribution in [-0.2, 0) is 33.7 Å². The Kier molecular flexibility index (Phi) is 8.99. The van der Waals surface area contributed by atoms with Crippen molar-refractivity contribution in [1.82, 2.24) is 9.88 Å². The highest BCUT2D eigenvalue weighted by atomic mass is 19.1. The van der Waals surface area contributed by atoms with Crippen LogP contribution in [-0.4, -0.2) is 66.0 Å². The van der Waals surface area contributed by atoms with Gasteiger partial charge in [0.1, 0.15) is 29.5 Å². The smallest absolute Gasteiger partial charge is 0.325 e. The maximum Gasteiger partial charge on any atom is 0.325 e. The van der Waals surface area contributed by atoms with E-state index in [0.29, 0.717) is 43.2 Å². The van der Waals surface area contributed by atoms with Gasteiger partial charge in [0.25, 0.3) is 0 Å². The van der Waals surface area contributed by atoms with Crippen molar-refractivity contribution in [3.8, 4) is 5.75 Å². The molecule has 5 rings (SSSR count). The Morgan fingerprint density at radius 1 is 1.28 bits per heavy atom. The standard InChI is InChI=1S/C30H40FN3O5/c1-19(2)26-18-37-17-21-14-22(31)15-25(28(21)39-26)27(30(35)36)34-12-10-24(16-34)38-13-4-3-7-23-9-8-20-6-5-11-32-29(20)33-23/h8-9,14-15,19,24,26-27H,3-7,10-13,16-18H2,1-2H3,(H,32,33)(H,35,36)/t24-,26+,27?/m1/s1. The molecule has 212 valence electrons. The van der Waals surface area contributed by atoms with E-state index in [0.717, 1.165) is 56.6 Å². The van der Waals surface area contributed by atoms with Crippen LogP contribution in [0.25, 0.3) is 0 Å². The van der Waals surface area contributed by atoms with E-state index in [4.69, 9.17) is 19.2 Å². The molecule has 0 spiro atoms. The number of nitrogens with one attached hydrogen (secondary N) is 1. The Balaban J connectivity index is 1.17. The molecular weight excluding hydrogens is 501 g/mol. The summed E-state index contributed by atoms with van der Waals surface area (Å²) in [6.07, 6.45) is 5.48. The number of hydrogen-bond acceptors (Lipinski definition) is 7. The Hall–Kier alpha value is -2.75. The lowest BCUT2D eigenvalue weighted by Crippen LogP contribution is -2.35. The van der Waals surface area contributed by atoms with E-state index in [1.807, 2.05) is 18.7 Å². The number of carboxylic acid groups (broad SMARTS) is 1. The second kappa shape index (κ2) is 12.6. The maximum absolute atomic E-state index is 14.6. The molecule has 39 heavy (non-hydrogen) atoms. The summed E-state index contributed by atoms with van der Waals surface area (Å²) in [4.78, 5) is 19.1. The van der Waals surface area contributed by atoms with E-state index >= 15 is 0 Å². The zero-order chi connectivity index (χ0) is 27.4. The first kappa shape index (κ1) is 27.8. The fourth-order valence-electron chi connectivity index (χ4n) is 5.70. The quantitative estimate of drug-likeness (QED) is 0.417. The number of nitrogens with zero attached hydrogens (tertiary/aromatic N) is 2. The summed E-state index contributed by atoms with van der Waals surface area (Å²) in [5, 5.41) is 13.6. The van der Waals surface area contributed by atoms with Gasteiger partial charge in [0.05, 0.1) is 19.3 Å². The van der Waals surface area contributed by atoms with Gasteiger partial charge >= 0.3 is 5.97 Å². The first-order valence-electron chi connectivity index (χ1n) is 14.3. The van der Waals surface area contributed by atoms with Crippen LogP contribution in [0.1, 0.15) is 68.0 Å². The molecule has 9 heteroatoms. The predicted molar refractivity (Wildman–Crippen MR) is 146 cm³/mol. The van der Waals surface area contributed by atoms with Crippen molar-refractivity contribution in [2.24, 2.45) is 5.92 Å². The van der Waals surface area contributed by atoms with E-state index in [1.54, 1.807) is 0 Å². The van der Waals surface area contributed by atoms with Crippen LogP contribution >= 0.6 is 0 Å². The van der Waals surface area contributed by atoms with Crippen LogP contribution in [0.5, 0.6) is 5.75 Å². The number of carboxylic acids is 1. The summed E-state index contributed by atoms with van der Waals surface area (Å²) in [5.74, 6) is 0.130. The number of aryl methyl sites for hydroxylation is 2. The zero-order valence-corrected chi connectivity index (χ0v) is 23.0. The lowest BCUT2D eigenvalue weighted by atomic mass is 10.00. The molecule has 4 heterocycles. The van der Waals surface area contributed by atoms with Crippen molar-refractivity contribution >= 4 is 11.8 Å². The highest BCUT2D eigenvalue weighted by Crippen LogP contribution is 2.38. The van der Waals surface area contributed by atoms with E-state index < -0.39 is 17.8 Å². The van der Waals surface area contributed by atoms with Crippen LogP contribution in [0, 0.1) is 11.7 Å². The molecule has 1 aromatic heterocycles. The molecule has 3 aliphatic heterocycles. The Morgan fingerprint density at radius 3 is 2.97 bits per heavy atom. The van der Waals surface area contributed by atoms with Gasteiger partial charge in [-0.2, -0.15) is 0 Å². The summed E-state index contributed by atoms with van der Waals surface area (Å²) < 4.78 is 32.7. The minimum Gasteiger partial charge on any atom is -0.487 e. The molecule has 2 aromatic rings. The van der Waals surface area contributed by atoms with Gasteiger partial charge in [-0.3, -0.25) is 9.69 Å². The van der Waals surface area contributed by atoms with Crippen LogP contribution in [0.3, 0.4) is 0 Å². The van der Waals surface area contributed by atoms with Crippen LogP contribution in [0.4, 0.5) is 10.2 Å². The zero-order valence-electron chi connectivity index (χ0n) is 23.0. The summed E-state index contributed by atoms with van der Waals surface area (Å²) in [6.45, 7) is 7.27. The SMILES string of the molecule is CC(C)[C@@H]1COCc2cc(F)cc(C(C(=O)O)N3CC[C@@H](OCCCCc4ccc5c(n4)NCCC5)C3)c2O1. The molecule has 0 aliphatic carbocycles. The largest absolute Gasteiger partial charge is 0.487 e. The van der Waals surface area contributed by atoms with Crippen LogP contribution in [0.15, 0.2) is 24.3 Å². The third kappa shape index (κ3) is 6.70. The Bertz CT molecular complexity index is 1160. The molecule has 1 aromatic carbocycles. The first-order chi connectivity index (χ1) is 18.9. The highest BCUT2D eigenvalue weighted by Gasteiger charge is 2.38. The summed E-state index contributed by atoms with van der Waals surface area (Å²) in [6, 6.07) is 5.98. The number of anilines is 1. The molecule has 1 unspecified atom stereocenters. The number of hydrogen-bond donors (Lipinski definition) is 2. The highest BCUT2D eigenvalue weighted by molar-refractivity contribution is 5.77. The van der Waals surface area contributed by atoms with E-state index in [2.05, 4.69) is 17.4 Å². The predicted octanol–water partition coefficient (Wildman–Crippen LogP) is 4.75. The van der Waals surface area contributed by atoms with Gasteiger partial charge in [0.15, 0.2) is 0 Å². The molecule has 3 atom stereocenters. The molecule has 8 nitrogen and oxygen atoms in total. The van der Waals surface area contributed by atoms with Crippen molar-refractivity contribution in [2.75, 3.05) is 38.2 Å². The minimum atomic E-state index is -1.02. The molecule has 3 aliphatic rings. The number of aromatic nitrogens is 1. The molecule has 0 bridgehead atoms. The van der Waals surface area contributed by atoms with Gasteiger partial charge in [0, 0.05) is 43.1 Å². The topological polar surface area (TPSA) is 93.2 Å². The van der Waals surface area contributed by atoms with Gasteiger partial charge < -0.3 is 24.6 Å². The van der Waals surface area contributed by atoms with E-state index in [-0.39, 0.29) is 24.7 Å². The second-order valence-electron chi connectivity index (χ2n) is 11.2. The number of likely N-dealkylation sites (tertiary alicyclic amines) is 1. The van der Waals surface area contributed by atoms with Crippen molar-refractivity contribution in [1.29, 1.82) is 0 Å². The number of carbonyl (C=O) groups is 1. The first-order valence-corrected chi connectivity index (χ1v) is 14.3. The van der Waals surface area contributed by atoms with Gasteiger partial charge in [-0.15, -0.1) is 0 Å². The molecule has 0 amide bonds. The van der Waals surface area contributed by atoms with Crippen LogP contribution in [0.2, 0.25) is 0 Å². The number of ether oxygens (including phenoxy) is 3. The van der Waals surface area contributed by atoms with Gasteiger partial charge in [-0.1, -0.05) is 19.9 Å². The van der Waals surface area contributed by atoms with Gasteiger partial charge in [-0.05, 0) is 68.2 Å². The van der Waals surface area contributed by atoms with Gasteiger partial charge in [0.2, 0.25) is 0 Å². The maximum atomic E-state index is 14.6.